The molecule has 0 atom stereocenters. The van der Waals surface area contributed by atoms with Crippen LogP contribution in [-0.4, -0.2) is 16.1 Å². The number of hydrogen-bond acceptors (Lipinski definition) is 2. The highest BCUT2D eigenvalue weighted by atomic mass is 28.3. The van der Waals surface area contributed by atoms with Crippen molar-refractivity contribution in [2.24, 2.45) is 0 Å². The molecule has 2 nitrogen and oxygen atoms in total. The molecule has 0 radical (unpaired) electrons. The molecule has 0 aromatic heterocycles. The molecule has 360 valence electrons. The fraction of sp³-hybridized carbons (Fsp3) is 0.188. The minimum atomic E-state index is -1.49. The lowest BCUT2D eigenvalue weighted by atomic mass is 9.68. The quantitative estimate of drug-likeness (QED) is 0.126. The smallest absolute Gasteiger partial charge is 0.0775 e. The highest BCUT2D eigenvalue weighted by Crippen LogP contribution is 2.65. The van der Waals surface area contributed by atoms with E-state index in [9.17, 15) is 0 Å². The van der Waals surface area contributed by atoms with Gasteiger partial charge in [-0.05, 0) is 162 Å². The second kappa shape index (κ2) is 17.5. The zero-order valence-electron chi connectivity index (χ0n) is 44.2. The van der Waals surface area contributed by atoms with Gasteiger partial charge in [0.05, 0.1) is 21.6 Å². The van der Waals surface area contributed by atoms with Crippen molar-refractivity contribution in [1.82, 2.24) is 0 Å². The maximum atomic E-state index is 2.45. The van der Waals surface area contributed by atoms with E-state index in [1.54, 1.807) is 0 Å². The van der Waals surface area contributed by atoms with Crippen molar-refractivity contribution in [2.75, 3.05) is 9.80 Å². The van der Waals surface area contributed by atoms with Gasteiger partial charge in [0.2, 0.25) is 0 Å². The molecule has 0 unspecified atom stereocenters. The molecule has 0 bridgehead atoms. The summed E-state index contributed by atoms with van der Waals surface area (Å²) < 4.78 is 0. The van der Waals surface area contributed by atoms with E-state index in [1.165, 1.54) is 98.9 Å². The van der Waals surface area contributed by atoms with Crippen molar-refractivity contribution in [2.45, 2.75) is 84.2 Å². The Kier molecular flexibility index (Phi) is 11.2. The first-order valence-corrected chi connectivity index (χ1v) is 33.5. The van der Waals surface area contributed by atoms with Crippen molar-refractivity contribution >= 4 is 82.2 Å². The molecular formula is C69H66N2Si2. The van der Waals surface area contributed by atoms with E-state index in [1.807, 2.05) is 0 Å². The molecule has 4 heteroatoms. The van der Waals surface area contributed by atoms with Crippen LogP contribution in [0, 0.1) is 0 Å². The Balaban J connectivity index is 1.06. The van der Waals surface area contributed by atoms with Gasteiger partial charge < -0.3 is 9.80 Å². The van der Waals surface area contributed by atoms with Crippen LogP contribution < -0.4 is 20.2 Å². The van der Waals surface area contributed by atoms with Crippen molar-refractivity contribution in [1.29, 1.82) is 0 Å². The summed E-state index contributed by atoms with van der Waals surface area (Å²) in [5, 5.41) is 7.97. The number of nitrogens with zero attached hydrogens (tertiary/aromatic N) is 2. The zero-order chi connectivity index (χ0) is 50.6. The molecule has 0 N–H and O–H groups in total. The van der Waals surface area contributed by atoms with E-state index >= 15 is 0 Å². The first-order chi connectivity index (χ1) is 35.1. The van der Waals surface area contributed by atoms with Crippen LogP contribution in [0.3, 0.4) is 0 Å². The molecule has 10 aromatic rings. The zero-order valence-corrected chi connectivity index (χ0v) is 46.2. The van der Waals surface area contributed by atoms with Gasteiger partial charge in [0.15, 0.2) is 0 Å². The second-order valence-electron chi connectivity index (χ2n) is 23.4. The molecule has 0 aliphatic heterocycles. The lowest BCUT2D eigenvalue weighted by molar-refractivity contribution is 0.809. The van der Waals surface area contributed by atoms with Crippen LogP contribution in [0.2, 0.25) is 39.3 Å². The molecule has 10 aromatic carbocycles. The number of benzene rings is 10. The Morgan fingerprint density at radius 1 is 0.329 bits per heavy atom. The highest BCUT2D eigenvalue weighted by Gasteiger charge is 2.53. The molecule has 0 amide bonds. The summed E-state index contributed by atoms with van der Waals surface area (Å²) >= 11 is 0. The number of rotatable bonds is 10. The standard InChI is InChI=1S/C69H66N2Si2/c1-45(2)47-19-25-51(26-20-47)70(53-29-35-57(36-30-53)72(5,6)7)55-33-41-59-49(43-55)23-39-63-64-40-24-50-44-56(71(52-27-21-48(22-28-52)46(3)4)54-31-37-58(38-32-54)73(8,9)10)34-42-60(50)68(64)69(67(59)63)65-17-13-11-15-61(65)62-16-12-14-18-66(62)69/h11-46H,1-10H3. The lowest BCUT2D eigenvalue weighted by Gasteiger charge is -2.33. The lowest BCUT2D eigenvalue weighted by Crippen LogP contribution is -2.37. The van der Waals surface area contributed by atoms with Gasteiger partial charge >= 0.3 is 0 Å². The van der Waals surface area contributed by atoms with Gasteiger partial charge in [0, 0.05) is 34.1 Å². The second-order valence-corrected chi connectivity index (χ2v) is 33.5. The molecule has 0 saturated heterocycles. The van der Waals surface area contributed by atoms with Gasteiger partial charge in [0.25, 0.3) is 0 Å². The minimum absolute atomic E-state index is 0.461. The highest BCUT2D eigenvalue weighted by molar-refractivity contribution is 6.89. The predicted molar refractivity (Wildman–Crippen MR) is 321 cm³/mol. The summed E-state index contributed by atoms with van der Waals surface area (Å²) in [6, 6.07) is 79.7. The number of anilines is 6. The van der Waals surface area contributed by atoms with Crippen LogP contribution in [0.15, 0.2) is 206 Å². The van der Waals surface area contributed by atoms with Crippen molar-refractivity contribution in [3.63, 3.8) is 0 Å². The summed E-state index contributed by atoms with van der Waals surface area (Å²) in [4.78, 5) is 4.90. The fourth-order valence-corrected chi connectivity index (χ4v) is 14.5. The third-order valence-electron chi connectivity index (χ3n) is 16.1. The molecule has 12 rings (SSSR count). The fourth-order valence-electron chi connectivity index (χ4n) is 12.2. The van der Waals surface area contributed by atoms with Crippen molar-refractivity contribution < 1.29 is 0 Å². The summed E-state index contributed by atoms with van der Waals surface area (Å²) in [6.07, 6.45) is 0. The van der Waals surface area contributed by atoms with Crippen LogP contribution in [-0.2, 0) is 5.41 Å². The van der Waals surface area contributed by atoms with E-state index in [0.29, 0.717) is 11.8 Å². The molecular weight excluding hydrogens is 913 g/mol. The molecule has 2 aliphatic carbocycles. The first kappa shape index (κ1) is 46.8. The van der Waals surface area contributed by atoms with Gasteiger partial charge in [-0.2, -0.15) is 0 Å². The average Bonchev–Trinajstić information content (AvgIpc) is 3.86. The van der Waals surface area contributed by atoms with E-state index in [4.69, 9.17) is 0 Å². The molecule has 73 heavy (non-hydrogen) atoms. The summed E-state index contributed by atoms with van der Waals surface area (Å²) in [6.45, 7) is 23.6. The van der Waals surface area contributed by atoms with Gasteiger partial charge in [-0.1, -0.05) is 211 Å². The van der Waals surface area contributed by atoms with E-state index in [0.717, 1.165) is 22.7 Å². The Morgan fingerprint density at radius 2 is 0.658 bits per heavy atom. The van der Waals surface area contributed by atoms with E-state index < -0.39 is 21.6 Å². The topological polar surface area (TPSA) is 6.48 Å². The third-order valence-corrected chi connectivity index (χ3v) is 20.3. The first-order valence-electron chi connectivity index (χ1n) is 26.5. The normalized spacial score (nSPS) is 13.4. The Hall–Kier alpha value is -7.25. The Labute approximate surface area is 435 Å². The molecule has 2 aliphatic rings. The monoisotopic (exact) mass is 978 g/mol. The van der Waals surface area contributed by atoms with Gasteiger partial charge in [-0.3, -0.25) is 0 Å². The minimum Gasteiger partial charge on any atom is -0.310 e. The third kappa shape index (κ3) is 7.64. The Bertz CT molecular complexity index is 3490. The Morgan fingerprint density at radius 3 is 1.00 bits per heavy atom. The van der Waals surface area contributed by atoms with Crippen LogP contribution in [0.5, 0.6) is 0 Å². The summed E-state index contributed by atoms with van der Waals surface area (Å²) in [7, 11) is -2.99. The maximum absolute atomic E-state index is 2.45. The molecule has 1 spiro atoms. The van der Waals surface area contributed by atoms with Gasteiger partial charge in [-0.15, -0.1) is 0 Å². The SMILES string of the molecule is CC(C)c1ccc(N(c2ccc([Si](C)(C)C)cc2)c2ccc3c4c(ccc3c2)-c2ccc3cc(N(c5ccc(C(C)C)cc5)c5ccc([Si](C)(C)C)cc5)ccc3c2C42c3ccccc3-c3ccccc32)cc1. The maximum Gasteiger partial charge on any atom is 0.0775 e. The van der Waals surface area contributed by atoms with Crippen LogP contribution in [0.4, 0.5) is 34.1 Å². The van der Waals surface area contributed by atoms with E-state index in [-0.39, 0.29) is 0 Å². The molecule has 0 heterocycles. The van der Waals surface area contributed by atoms with Gasteiger partial charge in [-0.25, -0.2) is 0 Å². The predicted octanol–water partition coefficient (Wildman–Crippen LogP) is 18.6. The number of fused-ring (bicyclic) bond motifs is 14. The largest absolute Gasteiger partial charge is 0.310 e. The van der Waals surface area contributed by atoms with Gasteiger partial charge in [0.1, 0.15) is 0 Å². The average molecular weight is 979 g/mol. The van der Waals surface area contributed by atoms with Crippen LogP contribution in [0.25, 0.3) is 43.8 Å². The van der Waals surface area contributed by atoms with Crippen molar-refractivity contribution in [3.8, 4) is 22.3 Å². The van der Waals surface area contributed by atoms with Crippen LogP contribution in [0.1, 0.15) is 72.9 Å². The van der Waals surface area contributed by atoms with Crippen LogP contribution >= 0.6 is 0 Å². The molecule has 0 fully saturated rings. The number of hydrogen-bond donors (Lipinski definition) is 0. The molecule has 0 saturated carbocycles. The van der Waals surface area contributed by atoms with E-state index in [2.05, 4.69) is 283 Å². The van der Waals surface area contributed by atoms with Crippen molar-refractivity contribution in [3.05, 3.63) is 240 Å². The summed E-state index contributed by atoms with van der Waals surface area (Å²) in [5.74, 6) is 0.921. The summed E-state index contributed by atoms with van der Waals surface area (Å²) in [5.41, 5.74) is 19.8.